The molecule has 0 fully saturated rings. The minimum Gasteiger partial charge on any atom is -0.488 e. The number of nitrogens with one attached hydrogen (secondary N) is 1. The maximum atomic E-state index is 13.2. The number of nitro benzene ring substituents is 1. The van der Waals surface area contributed by atoms with Gasteiger partial charge in [0, 0.05) is 12.1 Å². The number of amides is 1. The van der Waals surface area contributed by atoms with Crippen molar-refractivity contribution < 1.29 is 33.5 Å². The van der Waals surface area contributed by atoms with Gasteiger partial charge in [0.2, 0.25) is 5.78 Å². The van der Waals surface area contributed by atoms with Gasteiger partial charge in [0.1, 0.15) is 24.0 Å². The molecular weight excluding hydrogens is 468 g/mol. The molecule has 10 heteroatoms. The third kappa shape index (κ3) is 6.80. The van der Waals surface area contributed by atoms with Gasteiger partial charge < -0.3 is 19.5 Å². The number of non-ortho nitro benzene ring substituents is 1. The van der Waals surface area contributed by atoms with Crippen LogP contribution in [0.5, 0.6) is 5.75 Å². The van der Waals surface area contributed by atoms with Crippen LogP contribution in [0.4, 0.5) is 10.5 Å². The average molecular weight is 499 g/mol. The fourth-order valence-electron chi connectivity index (χ4n) is 3.66. The van der Waals surface area contributed by atoms with Crippen LogP contribution >= 0.6 is 0 Å². The van der Waals surface area contributed by atoms with Gasteiger partial charge >= 0.3 is 12.1 Å². The lowest BCUT2D eigenvalue weighted by atomic mass is 9.96. The van der Waals surface area contributed by atoms with Gasteiger partial charge in [0.05, 0.1) is 10.5 Å². The largest absolute Gasteiger partial charge is 0.488 e. The van der Waals surface area contributed by atoms with Crippen LogP contribution in [0.3, 0.4) is 0 Å². The molecular formula is C26H30N2O8. The molecule has 1 aliphatic rings. The molecule has 0 spiro atoms. The van der Waals surface area contributed by atoms with Gasteiger partial charge in [-0.05, 0) is 68.5 Å². The van der Waals surface area contributed by atoms with Crippen LogP contribution in [0.2, 0.25) is 0 Å². The van der Waals surface area contributed by atoms with E-state index in [0.29, 0.717) is 23.3 Å². The molecule has 192 valence electrons. The number of hydrogen-bond acceptors (Lipinski definition) is 8. The molecule has 0 saturated heterocycles. The molecule has 2 atom stereocenters. The Kier molecular flexibility index (Phi) is 7.96. The van der Waals surface area contributed by atoms with Gasteiger partial charge in [-0.2, -0.15) is 0 Å². The molecule has 1 N–H and O–H groups in total. The topological polar surface area (TPSA) is 134 Å². The second-order valence-corrected chi connectivity index (χ2v) is 9.94. The zero-order valence-electron chi connectivity index (χ0n) is 20.9. The number of carbonyl (C=O) groups is 3. The van der Waals surface area contributed by atoms with Crippen LogP contribution in [0.1, 0.15) is 51.4 Å². The molecule has 0 saturated carbocycles. The van der Waals surface area contributed by atoms with Crippen LogP contribution < -0.4 is 10.1 Å². The van der Waals surface area contributed by atoms with E-state index >= 15 is 0 Å². The number of rotatable bonds is 7. The molecule has 0 radical (unpaired) electrons. The molecule has 10 nitrogen and oxygen atoms in total. The number of ether oxygens (including phenoxy) is 3. The first-order chi connectivity index (χ1) is 16.8. The highest BCUT2D eigenvalue weighted by molar-refractivity contribution is 6.04. The summed E-state index contributed by atoms with van der Waals surface area (Å²) in [7, 11) is 0. The molecule has 2 unspecified atom stereocenters. The summed E-state index contributed by atoms with van der Waals surface area (Å²) in [5.74, 6) is -0.787. The predicted molar refractivity (Wildman–Crippen MR) is 131 cm³/mol. The Morgan fingerprint density at radius 1 is 1.14 bits per heavy atom. The molecule has 1 amide bonds. The van der Waals surface area contributed by atoms with Crippen molar-refractivity contribution >= 4 is 23.5 Å². The number of carbonyl (C=O) groups excluding carboxylic acids is 3. The fourth-order valence-corrected chi connectivity index (χ4v) is 3.66. The van der Waals surface area contributed by atoms with Gasteiger partial charge in [-0.1, -0.05) is 19.9 Å². The van der Waals surface area contributed by atoms with Crippen molar-refractivity contribution in [2.75, 3.05) is 6.61 Å². The number of nitro groups is 1. The zero-order valence-corrected chi connectivity index (χ0v) is 20.9. The number of esters is 1. The second-order valence-electron chi connectivity index (χ2n) is 9.94. The minimum absolute atomic E-state index is 0.0426. The second kappa shape index (κ2) is 10.8. The van der Waals surface area contributed by atoms with E-state index in [1.807, 2.05) is 13.8 Å². The summed E-state index contributed by atoms with van der Waals surface area (Å²) in [6, 6.07) is 9.91. The van der Waals surface area contributed by atoms with E-state index in [4.69, 9.17) is 14.2 Å². The molecule has 2 aromatic rings. The number of nitrogens with zero attached hydrogens (tertiary/aromatic N) is 1. The minimum atomic E-state index is -1.19. The highest BCUT2D eigenvalue weighted by atomic mass is 16.6. The summed E-state index contributed by atoms with van der Waals surface area (Å²) < 4.78 is 16.4. The first-order valence-corrected chi connectivity index (χ1v) is 11.6. The van der Waals surface area contributed by atoms with Crippen molar-refractivity contribution in [3.63, 3.8) is 0 Å². The van der Waals surface area contributed by atoms with Crippen LogP contribution in [0, 0.1) is 16.0 Å². The number of Topliss-reactive ketones (excluding diaryl/α,β-unsaturated/α-hetero) is 1. The lowest BCUT2D eigenvalue weighted by molar-refractivity contribution is -0.384. The van der Waals surface area contributed by atoms with Gasteiger partial charge in [-0.3, -0.25) is 14.9 Å². The van der Waals surface area contributed by atoms with Crippen LogP contribution in [0.15, 0.2) is 42.5 Å². The summed E-state index contributed by atoms with van der Waals surface area (Å²) in [5.41, 5.74) is 0.773. The number of ketones is 1. The Labute approximate surface area is 209 Å². The van der Waals surface area contributed by atoms with Gasteiger partial charge in [0.15, 0.2) is 6.10 Å². The Morgan fingerprint density at radius 3 is 2.36 bits per heavy atom. The summed E-state index contributed by atoms with van der Waals surface area (Å²) in [6.07, 6.45) is -1.65. The van der Waals surface area contributed by atoms with E-state index in [9.17, 15) is 24.5 Å². The quantitative estimate of drug-likeness (QED) is 0.330. The van der Waals surface area contributed by atoms with Crippen molar-refractivity contribution in [1.82, 2.24) is 5.32 Å². The Balaban J connectivity index is 1.75. The molecule has 3 rings (SSSR count). The maximum absolute atomic E-state index is 13.2. The van der Waals surface area contributed by atoms with Crippen molar-refractivity contribution in [3.8, 4) is 16.9 Å². The number of benzene rings is 2. The van der Waals surface area contributed by atoms with Crippen LogP contribution in [-0.4, -0.2) is 47.1 Å². The van der Waals surface area contributed by atoms with Crippen molar-refractivity contribution in [2.24, 2.45) is 5.92 Å². The lowest BCUT2D eigenvalue weighted by Gasteiger charge is -2.27. The van der Waals surface area contributed by atoms with Gasteiger partial charge in [0.25, 0.3) is 5.69 Å². The van der Waals surface area contributed by atoms with E-state index in [2.05, 4.69) is 5.32 Å². The first-order valence-electron chi connectivity index (χ1n) is 11.6. The highest BCUT2D eigenvalue weighted by Crippen LogP contribution is 2.32. The molecule has 1 heterocycles. The molecule has 0 aliphatic carbocycles. The van der Waals surface area contributed by atoms with Crippen molar-refractivity contribution in [2.45, 2.75) is 58.8 Å². The average Bonchev–Trinajstić information content (AvgIpc) is 2.79. The molecule has 2 aromatic carbocycles. The Hall–Kier alpha value is -3.95. The third-order valence-electron chi connectivity index (χ3n) is 5.28. The van der Waals surface area contributed by atoms with Crippen molar-refractivity contribution in [1.29, 1.82) is 0 Å². The predicted octanol–water partition coefficient (Wildman–Crippen LogP) is 4.69. The molecule has 1 aliphatic heterocycles. The molecule has 0 aromatic heterocycles. The number of fused-ring (bicyclic) bond motifs is 1. The fraction of sp³-hybridized carbons (Fsp3) is 0.423. The highest BCUT2D eigenvalue weighted by Gasteiger charge is 2.35. The van der Waals surface area contributed by atoms with Crippen LogP contribution in [0.25, 0.3) is 11.1 Å². The molecule has 36 heavy (non-hydrogen) atoms. The van der Waals surface area contributed by atoms with E-state index < -0.39 is 40.5 Å². The van der Waals surface area contributed by atoms with E-state index in [1.54, 1.807) is 51.1 Å². The van der Waals surface area contributed by atoms with Gasteiger partial charge in [-0.25, -0.2) is 9.59 Å². The maximum Gasteiger partial charge on any atom is 0.408 e. The van der Waals surface area contributed by atoms with Crippen molar-refractivity contribution in [3.05, 3.63) is 58.1 Å². The molecule has 0 bridgehead atoms. The van der Waals surface area contributed by atoms with Crippen LogP contribution in [-0.2, 0) is 14.3 Å². The Bertz CT molecular complexity index is 1150. The number of hydrogen-bond donors (Lipinski definition) is 1. The summed E-state index contributed by atoms with van der Waals surface area (Å²) in [4.78, 5) is 48.8. The zero-order chi connectivity index (χ0) is 26.6. The summed E-state index contributed by atoms with van der Waals surface area (Å²) in [6.45, 7) is 8.76. The Morgan fingerprint density at radius 2 is 1.78 bits per heavy atom. The lowest BCUT2D eigenvalue weighted by Crippen LogP contribution is -2.47. The summed E-state index contributed by atoms with van der Waals surface area (Å²) >= 11 is 0. The first kappa shape index (κ1) is 26.7. The van der Waals surface area contributed by atoms with E-state index in [1.165, 1.54) is 12.1 Å². The van der Waals surface area contributed by atoms with E-state index in [-0.39, 0.29) is 23.8 Å². The third-order valence-corrected chi connectivity index (χ3v) is 5.28. The standard InChI is InChI=1S/C26H30N2O8/c1-15(2)12-20(27-25(31)36-26(3,4)5)24(30)35-22-14-34-21-11-8-17(13-19(21)23(22)29)16-6-9-18(10-7-16)28(32)33/h6-11,13,15,20,22H,12,14H2,1-5H3,(H,27,31). The van der Waals surface area contributed by atoms with E-state index in [0.717, 1.165) is 0 Å². The smallest absolute Gasteiger partial charge is 0.408 e. The summed E-state index contributed by atoms with van der Waals surface area (Å²) in [5, 5.41) is 13.4. The van der Waals surface area contributed by atoms with Gasteiger partial charge in [-0.15, -0.1) is 0 Å². The normalized spacial score (nSPS) is 15.9. The monoisotopic (exact) mass is 498 g/mol. The number of alkyl carbamates (subject to hydrolysis) is 1. The SMILES string of the molecule is CC(C)CC(NC(=O)OC(C)(C)C)C(=O)OC1COc2ccc(-c3ccc([N+](=O)[O-])cc3)cc2C1=O.